The van der Waals surface area contributed by atoms with Gasteiger partial charge in [-0.05, 0) is 43.1 Å². The first-order valence-electron chi connectivity index (χ1n) is 7.53. The molecule has 106 valence electrons. The molecule has 0 bridgehead atoms. The molecule has 1 N–H and O–H groups in total. The Morgan fingerprint density at radius 1 is 1.20 bits per heavy atom. The Hall–Kier alpha value is -1.38. The van der Waals surface area contributed by atoms with Crippen LogP contribution >= 0.6 is 0 Å². The second-order valence-electron chi connectivity index (χ2n) is 5.88. The van der Waals surface area contributed by atoms with E-state index in [9.17, 15) is 0 Å². The van der Waals surface area contributed by atoms with Gasteiger partial charge in [-0.25, -0.2) is 0 Å². The highest BCUT2D eigenvalue weighted by Crippen LogP contribution is 2.26. The van der Waals surface area contributed by atoms with Gasteiger partial charge in [-0.3, -0.25) is 0 Å². The molecule has 2 aromatic rings. The average Bonchev–Trinajstić information content (AvgIpc) is 2.91. The lowest BCUT2D eigenvalue weighted by Crippen LogP contribution is -2.36. The summed E-state index contributed by atoms with van der Waals surface area (Å²) in [5.74, 6) is 0.619. The Labute approximate surface area is 121 Å². The third kappa shape index (κ3) is 2.72. The molecule has 20 heavy (non-hydrogen) atoms. The zero-order valence-corrected chi connectivity index (χ0v) is 12.3. The lowest BCUT2D eigenvalue weighted by atomic mass is 9.90. The molecule has 2 heteroatoms. The van der Waals surface area contributed by atoms with Gasteiger partial charge in [0.15, 0.2) is 0 Å². The van der Waals surface area contributed by atoms with Crippen molar-refractivity contribution >= 4 is 10.8 Å². The summed E-state index contributed by atoms with van der Waals surface area (Å²) >= 11 is 0. The van der Waals surface area contributed by atoms with E-state index in [1.54, 1.807) is 0 Å². The van der Waals surface area contributed by atoms with Crippen molar-refractivity contribution in [3.8, 4) is 0 Å². The van der Waals surface area contributed by atoms with Crippen LogP contribution < -0.4 is 5.32 Å². The number of rotatable bonds is 4. The number of hydrogen-bond donors (Lipinski definition) is 1. The summed E-state index contributed by atoms with van der Waals surface area (Å²) in [7, 11) is 2.07. The van der Waals surface area contributed by atoms with E-state index in [1.165, 1.54) is 16.3 Å². The predicted molar refractivity (Wildman–Crippen MR) is 84.0 cm³/mol. The van der Waals surface area contributed by atoms with Crippen molar-refractivity contribution in [3.05, 3.63) is 48.0 Å². The summed E-state index contributed by atoms with van der Waals surface area (Å²) in [6, 6.07) is 15.7. The van der Waals surface area contributed by atoms with Crippen LogP contribution in [-0.2, 0) is 11.2 Å². The molecule has 0 spiro atoms. The van der Waals surface area contributed by atoms with Crippen LogP contribution in [0.2, 0.25) is 0 Å². The summed E-state index contributed by atoms with van der Waals surface area (Å²) in [5.41, 5.74) is 1.43. The Morgan fingerprint density at radius 3 is 2.75 bits per heavy atom. The third-order valence-corrected chi connectivity index (χ3v) is 4.49. The summed E-state index contributed by atoms with van der Waals surface area (Å²) < 4.78 is 5.73. The van der Waals surface area contributed by atoms with Gasteiger partial charge in [0.1, 0.15) is 0 Å². The van der Waals surface area contributed by atoms with Gasteiger partial charge in [0.25, 0.3) is 0 Å². The fourth-order valence-electron chi connectivity index (χ4n) is 3.34. The molecule has 0 saturated carbocycles. The minimum atomic E-state index is 0.406. The van der Waals surface area contributed by atoms with E-state index in [4.69, 9.17) is 4.74 Å². The highest BCUT2D eigenvalue weighted by atomic mass is 16.5. The van der Waals surface area contributed by atoms with E-state index in [1.807, 2.05) is 0 Å². The Bertz CT molecular complexity index is 575. The van der Waals surface area contributed by atoms with Crippen LogP contribution in [0, 0.1) is 5.92 Å². The van der Waals surface area contributed by atoms with E-state index >= 15 is 0 Å². The van der Waals surface area contributed by atoms with E-state index in [0.29, 0.717) is 18.1 Å². The van der Waals surface area contributed by atoms with Crippen LogP contribution in [0.5, 0.6) is 0 Å². The molecule has 0 amide bonds. The molecule has 3 atom stereocenters. The molecule has 0 aromatic heterocycles. The van der Waals surface area contributed by atoms with Crippen LogP contribution in [0.4, 0.5) is 0 Å². The fourth-order valence-corrected chi connectivity index (χ4v) is 3.34. The first kappa shape index (κ1) is 13.6. The molecule has 3 rings (SSSR count). The van der Waals surface area contributed by atoms with Crippen LogP contribution in [0.15, 0.2) is 42.5 Å². The highest BCUT2D eigenvalue weighted by molar-refractivity contribution is 5.85. The molecule has 0 radical (unpaired) electrons. The first-order valence-corrected chi connectivity index (χ1v) is 7.53. The van der Waals surface area contributed by atoms with Gasteiger partial charge < -0.3 is 10.1 Å². The van der Waals surface area contributed by atoms with Gasteiger partial charge in [0, 0.05) is 12.0 Å². The molecule has 2 nitrogen and oxygen atoms in total. The standard InChI is InChI=1S/C18H23NO/c1-13-10-16(12-20-13)18(19-2)11-15-8-5-7-14-6-3-4-9-17(14)15/h3-9,13,16,18-19H,10-12H2,1-2H3. The molecule has 1 fully saturated rings. The van der Waals surface area contributed by atoms with Gasteiger partial charge in [-0.15, -0.1) is 0 Å². The van der Waals surface area contributed by atoms with E-state index in [-0.39, 0.29) is 0 Å². The van der Waals surface area contributed by atoms with E-state index < -0.39 is 0 Å². The lowest BCUT2D eigenvalue weighted by molar-refractivity contribution is 0.117. The van der Waals surface area contributed by atoms with Crippen LogP contribution in [-0.4, -0.2) is 25.8 Å². The Kier molecular flexibility index (Phi) is 4.04. The van der Waals surface area contributed by atoms with Crippen molar-refractivity contribution < 1.29 is 4.74 Å². The van der Waals surface area contributed by atoms with Gasteiger partial charge >= 0.3 is 0 Å². The summed E-state index contributed by atoms with van der Waals surface area (Å²) in [4.78, 5) is 0. The van der Waals surface area contributed by atoms with Crippen molar-refractivity contribution in [1.29, 1.82) is 0 Å². The smallest absolute Gasteiger partial charge is 0.0551 e. The SMILES string of the molecule is CNC(Cc1cccc2ccccc12)C1COC(C)C1. The maximum Gasteiger partial charge on any atom is 0.0551 e. The van der Waals surface area contributed by atoms with Crippen LogP contribution in [0.3, 0.4) is 0 Å². The van der Waals surface area contributed by atoms with Gasteiger partial charge in [-0.2, -0.15) is 0 Å². The third-order valence-electron chi connectivity index (χ3n) is 4.49. The second kappa shape index (κ2) is 5.94. The molecule has 0 aliphatic carbocycles. The fraction of sp³-hybridized carbons (Fsp3) is 0.444. The van der Waals surface area contributed by atoms with Crippen molar-refractivity contribution in [1.82, 2.24) is 5.32 Å². The second-order valence-corrected chi connectivity index (χ2v) is 5.88. The molecule has 1 aliphatic rings. The average molecular weight is 269 g/mol. The van der Waals surface area contributed by atoms with E-state index in [0.717, 1.165) is 19.4 Å². The molecule has 1 saturated heterocycles. The number of nitrogens with one attached hydrogen (secondary N) is 1. The number of ether oxygens (including phenoxy) is 1. The molecule has 1 heterocycles. The molecular formula is C18H23NO. The lowest BCUT2D eigenvalue weighted by Gasteiger charge is -2.22. The number of fused-ring (bicyclic) bond motifs is 1. The number of likely N-dealkylation sites (N-methyl/N-ethyl adjacent to an activating group) is 1. The highest BCUT2D eigenvalue weighted by Gasteiger charge is 2.28. The van der Waals surface area contributed by atoms with Crippen molar-refractivity contribution in [3.63, 3.8) is 0 Å². The first-order chi connectivity index (χ1) is 9.78. The largest absolute Gasteiger partial charge is 0.378 e. The Balaban J connectivity index is 1.84. The molecule has 2 aromatic carbocycles. The van der Waals surface area contributed by atoms with Gasteiger partial charge in [0.05, 0.1) is 12.7 Å². The van der Waals surface area contributed by atoms with Crippen LogP contribution in [0.25, 0.3) is 10.8 Å². The Morgan fingerprint density at radius 2 is 2.00 bits per heavy atom. The number of benzene rings is 2. The van der Waals surface area contributed by atoms with Gasteiger partial charge in [0.2, 0.25) is 0 Å². The maximum atomic E-state index is 5.73. The van der Waals surface area contributed by atoms with Gasteiger partial charge in [-0.1, -0.05) is 42.5 Å². The van der Waals surface area contributed by atoms with Crippen molar-refractivity contribution in [2.24, 2.45) is 5.92 Å². The van der Waals surface area contributed by atoms with E-state index in [2.05, 4.69) is 61.8 Å². The normalized spacial score (nSPS) is 24.1. The zero-order chi connectivity index (χ0) is 13.9. The molecule has 3 unspecified atom stereocenters. The zero-order valence-electron chi connectivity index (χ0n) is 12.3. The molecule has 1 aliphatic heterocycles. The number of hydrogen-bond acceptors (Lipinski definition) is 2. The summed E-state index contributed by atoms with van der Waals surface area (Å²) in [6.07, 6.45) is 2.64. The molecular weight excluding hydrogens is 246 g/mol. The summed E-state index contributed by atoms with van der Waals surface area (Å²) in [6.45, 7) is 3.06. The topological polar surface area (TPSA) is 21.3 Å². The van der Waals surface area contributed by atoms with Crippen LogP contribution in [0.1, 0.15) is 18.9 Å². The predicted octanol–water partition coefficient (Wildman–Crippen LogP) is 3.40. The maximum absolute atomic E-state index is 5.73. The van der Waals surface area contributed by atoms with Crippen molar-refractivity contribution in [2.75, 3.05) is 13.7 Å². The quantitative estimate of drug-likeness (QED) is 0.918. The summed E-state index contributed by atoms with van der Waals surface area (Å²) in [5, 5.41) is 6.20. The minimum Gasteiger partial charge on any atom is -0.378 e. The minimum absolute atomic E-state index is 0.406. The monoisotopic (exact) mass is 269 g/mol. The van der Waals surface area contributed by atoms with Crippen molar-refractivity contribution in [2.45, 2.75) is 31.9 Å².